The third-order valence-corrected chi connectivity index (χ3v) is 1.65. The molecule has 0 heterocycles. The zero-order valence-electron chi connectivity index (χ0n) is 6.41. The first-order valence-electron chi connectivity index (χ1n) is 3.29. The van der Waals surface area contributed by atoms with Crippen LogP contribution in [0.15, 0.2) is 36.9 Å². The summed E-state index contributed by atoms with van der Waals surface area (Å²) in [5, 5.41) is 0. The molecule has 0 fully saturated rings. The Morgan fingerprint density at radius 2 is 2.00 bits per heavy atom. The van der Waals surface area contributed by atoms with Crippen LogP contribution in [-0.4, -0.2) is 6.26 Å². The Morgan fingerprint density at radius 3 is 2.55 bits per heavy atom. The molecule has 1 rings (SSSR count). The average molecular weight is 166 g/mol. The first kappa shape index (κ1) is 8.21. The van der Waals surface area contributed by atoms with Crippen molar-refractivity contribution in [3.63, 3.8) is 0 Å². The van der Waals surface area contributed by atoms with Crippen molar-refractivity contribution >= 4 is 17.8 Å². The van der Waals surface area contributed by atoms with Crippen LogP contribution in [0.4, 0.5) is 0 Å². The van der Waals surface area contributed by atoms with E-state index >= 15 is 0 Å². The lowest BCUT2D eigenvalue weighted by molar-refractivity contribution is 0.609. The molecular weight excluding hydrogens is 156 g/mol. The van der Waals surface area contributed by atoms with Gasteiger partial charge in [0.1, 0.15) is 5.76 Å². The van der Waals surface area contributed by atoms with E-state index in [1.165, 1.54) is 12.0 Å². The molecule has 0 aliphatic heterocycles. The van der Waals surface area contributed by atoms with Crippen molar-refractivity contribution < 1.29 is 4.18 Å². The smallest absolute Gasteiger partial charge is 0.137 e. The predicted molar refractivity (Wildman–Crippen MR) is 50.1 cm³/mol. The Morgan fingerprint density at radius 1 is 1.36 bits per heavy atom. The van der Waals surface area contributed by atoms with Gasteiger partial charge >= 0.3 is 0 Å². The molecule has 11 heavy (non-hydrogen) atoms. The van der Waals surface area contributed by atoms with Crippen LogP contribution >= 0.6 is 12.0 Å². The van der Waals surface area contributed by atoms with Gasteiger partial charge in [0.2, 0.25) is 0 Å². The monoisotopic (exact) mass is 166 g/mol. The molecule has 0 aliphatic rings. The molecule has 1 aromatic rings. The lowest BCUT2D eigenvalue weighted by Gasteiger charge is -2.03. The highest BCUT2D eigenvalue weighted by Gasteiger charge is 1.95. The second-order valence-electron chi connectivity index (χ2n) is 2.04. The van der Waals surface area contributed by atoms with E-state index in [0.29, 0.717) is 5.76 Å². The minimum absolute atomic E-state index is 0.707. The summed E-state index contributed by atoms with van der Waals surface area (Å²) >= 11 is 1.31. The van der Waals surface area contributed by atoms with E-state index in [-0.39, 0.29) is 0 Å². The van der Waals surface area contributed by atoms with Gasteiger partial charge < -0.3 is 4.18 Å². The number of benzene rings is 1. The van der Waals surface area contributed by atoms with Crippen LogP contribution in [0.3, 0.4) is 0 Å². The van der Waals surface area contributed by atoms with E-state index < -0.39 is 0 Å². The molecule has 58 valence electrons. The van der Waals surface area contributed by atoms with Crippen molar-refractivity contribution in [2.45, 2.75) is 0 Å². The zero-order valence-corrected chi connectivity index (χ0v) is 7.23. The molecule has 0 spiro atoms. The van der Waals surface area contributed by atoms with E-state index in [0.717, 1.165) is 5.56 Å². The first-order valence-corrected chi connectivity index (χ1v) is 4.44. The summed E-state index contributed by atoms with van der Waals surface area (Å²) in [5.74, 6) is 0.707. The molecule has 0 bridgehead atoms. The Kier molecular flexibility index (Phi) is 3.05. The summed E-state index contributed by atoms with van der Waals surface area (Å²) in [6.45, 7) is 3.77. The molecule has 0 saturated heterocycles. The van der Waals surface area contributed by atoms with Gasteiger partial charge in [-0.1, -0.05) is 36.9 Å². The van der Waals surface area contributed by atoms with Crippen LogP contribution in [0.2, 0.25) is 0 Å². The Bertz CT molecular complexity index is 231. The Hall–Kier alpha value is -0.890. The molecule has 0 aliphatic carbocycles. The molecular formula is C9H10OS. The van der Waals surface area contributed by atoms with E-state index in [2.05, 4.69) is 6.58 Å². The van der Waals surface area contributed by atoms with E-state index in [4.69, 9.17) is 4.18 Å². The van der Waals surface area contributed by atoms with Crippen LogP contribution in [0, 0.1) is 0 Å². The van der Waals surface area contributed by atoms with Gasteiger partial charge in [-0.2, -0.15) is 0 Å². The fourth-order valence-corrected chi connectivity index (χ4v) is 1.07. The SMILES string of the molecule is C=C(OSC)c1ccccc1. The summed E-state index contributed by atoms with van der Waals surface area (Å²) in [6, 6.07) is 9.83. The molecule has 0 amide bonds. The summed E-state index contributed by atoms with van der Waals surface area (Å²) in [5.41, 5.74) is 1.03. The van der Waals surface area contributed by atoms with Gasteiger partial charge in [0.25, 0.3) is 0 Å². The largest absolute Gasteiger partial charge is 0.426 e. The molecule has 1 nitrogen and oxygen atoms in total. The molecule has 0 aromatic heterocycles. The number of rotatable bonds is 3. The maximum atomic E-state index is 5.15. The van der Waals surface area contributed by atoms with E-state index in [1.54, 1.807) is 0 Å². The molecule has 0 unspecified atom stereocenters. The second kappa shape index (κ2) is 4.09. The van der Waals surface area contributed by atoms with Crippen LogP contribution in [0.25, 0.3) is 5.76 Å². The van der Waals surface area contributed by atoms with E-state index in [1.807, 2.05) is 36.6 Å². The van der Waals surface area contributed by atoms with Crippen molar-refractivity contribution in [1.82, 2.24) is 0 Å². The molecule has 0 saturated carbocycles. The molecule has 1 aromatic carbocycles. The van der Waals surface area contributed by atoms with E-state index in [9.17, 15) is 0 Å². The van der Waals surface area contributed by atoms with Crippen LogP contribution < -0.4 is 0 Å². The first-order chi connectivity index (χ1) is 5.34. The Labute approximate surface area is 71.3 Å². The van der Waals surface area contributed by atoms with Crippen molar-refractivity contribution in [2.24, 2.45) is 0 Å². The van der Waals surface area contributed by atoms with Crippen molar-refractivity contribution in [1.29, 1.82) is 0 Å². The molecule has 0 N–H and O–H groups in total. The molecule has 0 atom stereocenters. The normalized spacial score (nSPS) is 9.18. The summed E-state index contributed by atoms with van der Waals surface area (Å²) in [4.78, 5) is 0. The number of hydrogen-bond donors (Lipinski definition) is 0. The second-order valence-corrected chi connectivity index (χ2v) is 2.54. The quantitative estimate of drug-likeness (QED) is 0.504. The third kappa shape index (κ3) is 2.31. The lowest BCUT2D eigenvalue weighted by Crippen LogP contribution is -1.81. The fraction of sp³-hybridized carbons (Fsp3) is 0.111. The molecule has 0 radical (unpaired) electrons. The van der Waals surface area contributed by atoms with Crippen molar-refractivity contribution in [3.8, 4) is 0 Å². The standard InChI is InChI=1S/C9H10OS/c1-8(10-11-2)9-6-4-3-5-7-9/h3-7H,1H2,2H3. The van der Waals surface area contributed by atoms with Crippen molar-refractivity contribution in [3.05, 3.63) is 42.5 Å². The summed E-state index contributed by atoms with van der Waals surface area (Å²) < 4.78 is 5.15. The lowest BCUT2D eigenvalue weighted by atomic mass is 10.2. The van der Waals surface area contributed by atoms with Gasteiger partial charge in [-0.15, -0.1) is 0 Å². The maximum Gasteiger partial charge on any atom is 0.137 e. The highest BCUT2D eigenvalue weighted by atomic mass is 32.2. The fourth-order valence-electron chi connectivity index (χ4n) is 0.773. The van der Waals surface area contributed by atoms with Crippen LogP contribution in [0.5, 0.6) is 0 Å². The minimum Gasteiger partial charge on any atom is -0.426 e. The van der Waals surface area contributed by atoms with Crippen LogP contribution in [0.1, 0.15) is 5.56 Å². The minimum atomic E-state index is 0.707. The Balaban J connectivity index is 2.69. The average Bonchev–Trinajstić information content (AvgIpc) is 2.07. The number of hydrogen-bond acceptors (Lipinski definition) is 2. The van der Waals surface area contributed by atoms with Gasteiger partial charge in [0.05, 0.1) is 12.0 Å². The zero-order chi connectivity index (χ0) is 8.10. The van der Waals surface area contributed by atoms with Gasteiger partial charge in [-0.05, 0) is 0 Å². The van der Waals surface area contributed by atoms with Crippen molar-refractivity contribution in [2.75, 3.05) is 6.26 Å². The maximum absolute atomic E-state index is 5.15. The van der Waals surface area contributed by atoms with Gasteiger partial charge in [0, 0.05) is 11.8 Å². The third-order valence-electron chi connectivity index (χ3n) is 1.28. The summed E-state index contributed by atoms with van der Waals surface area (Å²) in [6.07, 6.45) is 1.87. The molecule has 2 heteroatoms. The van der Waals surface area contributed by atoms with Crippen LogP contribution in [-0.2, 0) is 4.18 Å². The summed E-state index contributed by atoms with van der Waals surface area (Å²) in [7, 11) is 0. The highest BCUT2D eigenvalue weighted by molar-refractivity contribution is 7.94. The topological polar surface area (TPSA) is 9.23 Å². The van der Waals surface area contributed by atoms with Gasteiger partial charge in [0.15, 0.2) is 0 Å². The highest BCUT2D eigenvalue weighted by Crippen LogP contribution is 2.16. The van der Waals surface area contributed by atoms with Gasteiger partial charge in [-0.3, -0.25) is 0 Å². The van der Waals surface area contributed by atoms with Gasteiger partial charge in [-0.25, -0.2) is 0 Å². The predicted octanol–water partition coefficient (Wildman–Crippen LogP) is 2.95.